The van der Waals surface area contributed by atoms with E-state index in [1.807, 2.05) is 0 Å². The number of carbonyl (C=O) groups is 2. The number of nitrogens with zero attached hydrogens (tertiary/aromatic N) is 2. The lowest BCUT2D eigenvalue weighted by Gasteiger charge is -2.23. The van der Waals surface area contributed by atoms with Gasteiger partial charge >= 0.3 is 5.97 Å². The van der Waals surface area contributed by atoms with E-state index in [0.29, 0.717) is 23.7 Å². The van der Waals surface area contributed by atoms with Gasteiger partial charge in [0, 0.05) is 37.8 Å². The number of carbonyl (C=O) groups excluding carboxylic acids is 1. The van der Waals surface area contributed by atoms with E-state index in [0.717, 1.165) is 32.6 Å². The normalized spacial score (nSPS) is 19.0. The first kappa shape index (κ1) is 18.5. The summed E-state index contributed by atoms with van der Waals surface area (Å²) in [5.74, 6) is -0.775. The highest BCUT2D eigenvalue weighted by Crippen LogP contribution is 2.34. The Labute approximate surface area is 152 Å². The Balaban J connectivity index is 1.55. The van der Waals surface area contributed by atoms with Crippen LogP contribution >= 0.6 is 0 Å². The Bertz CT molecular complexity index is 666. The minimum atomic E-state index is -0.941. The van der Waals surface area contributed by atoms with Gasteiger partial charge in [-0.2, -0.15) is 0 Å². The summed E-state index contributed by atoms with van der Waals surface area (Å²) in [6, 6.07) is 5.12. The van der Waals surface area contributed by atoms with E-state index < -0.39 is 11.9 Å². The SMILES string of the molecule is CN1CCCN(C[C@@H](CC(=O)Nc2ccc3c(c2)OCO3)C(=O)O)CC1. The minimum absolute atomic E-state index is 0.0594. The first-order chi connectivity index (χ1) is 12.5. The molecule has 0 radical (unpaired) electrons. The molecule has 0 bridgehead atoms. The van der Waals surface area contributed by atoms with Crippen LogP contribution in [0.15, 0.2) is 18.2 Å². The van der Waals surface area contributed by atoms with Crippen LogP contribution in [0.4, 0.5) is 5.69 Å². The van der Waals surface area contributed by atoms with Gasteiger partial charge in [-0.3, -0.25) is 9.59 Å². The third-order valence-corrected chi connectivity index (χ3v) is 4.73. The molecule has 1 saturated heterocycles. The Hall–Kier alpha value is -2.32. The number of benzene rings is 1. The molecule has 1 aromatic rings. The summed E-state index contributed by atoms with van der Waals surface area (Å²) < 4.78 is 10.5. The summed E-state index contributed by atoms with van der Waals surface area (Å²) in [6.07, 6.45) is 0.947. The number of hydrogen-bond acceptors (Lipinski definition) is 6. The van der Waals surface area contributed by atoms with Gasteiger partial charge in [-0.25, -0.2) is 0 Å². The van der Waals surface area contributed by atoms with Gasteiger partial charge in [-0.05, 0) is 38.7 Å². The molecule has 142 valence electrons. The fraction of sp³-hybridized carbons (Fsp3) is 0.556. The van der Waals surface area contributed by atoms with Crippen molar-refractivity contribution in [1.29, 1.82) is 0 Å². The maximum Gasteiger partial charge on any atom is 0.308 e. The molecule has 1 amide bonds. The predicted octanol–water partition coefficient (Wildman–Crippen LogP) is 1.08. The van der Waals surface area contributed by atoms with E-state index in [-0.39, 0.29) is 19.1 Å². The van der Waals surface area contributed by atoms with Gasteiger partial charge in [0.25, 0.3) is 0 Å². The van der Waals surface area contributed by atoms with E-state index in [2.05, 4.69) is 22.2 Å². The van der Waals surface area contributed by atoms with Gasteiger partial charge in [0.1, 0.15) is 0 Å². The van der Waals surface area contributed by atoms with Crippen molar-refractivity contribution in [2.75, 3.05) is 51.9 Å². The number of ether oxygens (including phenoxy) is 2. The van der Waals surface area contributed by atoms with E-state index in [9.17, 15) is 14.7 Å². The Morgan fingerprint density at radius 1 is 1.19 bits per heavy atom. The summed E-state index contributed by atoms with van der Waals surface area (Å²) in [7, 11) is 2.07. The number of fused-ring (bicyclic) bond motifs is 1. The Morgan fingerprint density at radius 3 is 2.81 bits per heavy atom. The number of carboxylic acids is 1. The lowest BCUT2D eigenvalue weighted by atomic mass is 10.0. The summed E-state index contributed by atoms with van der Waals surface area (Å²) in [5, 5.41) is 12.3. The minimum Gasteiger partial charge on any atom is -0.481 e. The van der Waals surface area contributed by atoms with Crippen LogP contribution in [0, 0.1) is 5.92 Å². The number of anilines is 1. The number of hydrogen-bond donors (Lipinski definition) is 2. The fourth-order valence-electron chi connectivity index (χ4n) is 3.23. The van der Waals surface area contributed by atoms with Crippen LogP contribution in [0.3, 0.4) is 0 Å². The van der Waals surface area contributed by atoms with Gasteiger partial charge < -0.3 is 29.7 Å². The lowest BCUT2D eigenvalue weighted by molar-refractivity contribution is -0.144. The highest BCUT2D eigenvalue weighted by molar-refractivity contribution is 5.93. The summed E-state index contributed by atoms with van der Waals surface area (Å²) in [4.78, 5) is 28.3. The molecule has 1 atom stereocenters. The number of amides is 1. The molecule has 2 aliphatic rings. The molecule has 0 saturated carbocycles. The van der Waals surface area contributed by atoms with E-state index in [1.54, 1.807) is 18.2 Å². The molecule has 8 nitrogen and oxygen atoms in total. The van der Waals surface area contributed by atoms with Crippen molar-refractivity contribution in [2.45, 2.75) is 12.8 Å². The van der Waals surface area contributed by atoms with Crippen LogP contribution in [0.5, 0.6) is 11.5 Å². The quantitative estimate of drug-likeness (QED) is 0.781. The standard InChI is InChI=1S/C18H25N3O5/c1-20-5-2-6-21(8-7-20)11-13(18(23)24)9-17(22)19-14-3-4-15-16(10-14)26-12-25-15/h3-4,10,13H,2,5-9,11-12H2,1H3,(H,19,22)(H,23,24)/t13-/m1/s1. The number of nitrogens with one attached hydrogen (secondary N) is 1. The average molecular weight is 363 g/mol. The van der Waals surface area contributed by atoms with Crippen molar-refractivity contribution < 1.29 is 24.2 Å². The molecule has 0 aliphatic carbocycles. The first-order valence-electron chi connectivity index (χ1n) is 8.84. The maximum atomic E-state index is 12.3. The number of aliphatic carboxylic acids is 1. The molecule has 1 fully saturated rings. The monoisotopic (exact) mass is 363 g/mol. The van der Waals surface area contributed by atoms with Gasteiger partial charge in [-0.1, -0.05) is 0 Å². The molecular formula is C18H25N3O5. The van der Waals surface area contributed by atoms with Gasteiger partial charge in [0.05, 0.1) is 5.92 Å². The topological polar surface area (TPSA) is 91.3 Å². The number of likely N-dealkylation sites (N-methyl/N-ethyl adjacent to an activating group) is 1. The van der Waals surface area contributed by atoms with E-state index in [1.165, 1.54) is 0 Å². The second kappa shape index (κ2) is 8.37. The van der Waals surface area contributed by atoms with E-state index >= 15 is 0 Å². The maximum absolute atomic E-state index is 12.3. The summed E-state index contributed by atoms with van der Waals surface area (Å²) >= 11 is 0. The molecule has 2 heterocycles. The van der Waals surface area contributed by atoms with Crippen LogP contribution in [0.1, 0.15) is 12.8 Å². The van der Waals surface area contributed by atoms with Crippen molar-refractivity contribution in [3.63, 3.8) is 0 Å². The molecule has 3 rings (SSSR count). The predicted molar refractivity (Wildman–Crippen MR) is 95.5 cm³/mol. The zero-order chi connectivity index (χ0) is 18.5. The second-order valence-corrected chi connectivity index (χ2v) is 6.81. The van der Waals surface area contributed by atoms with Crippen LogP contribution in [0.25, 0.3) is 0 Å². The Kier molecular flexibility index (Phi) is 5.95. The van der Waals surface area contributed by atoms with Crippen molar-refractivity contribution in [3.8, 4) is 11.5 Å². The zero-order valence-corrected chi connectivity index (χ0v) is 14.9. The third-order valence-electron chi connectivity index (χ3n) is 4.73. The van der Waals surface area contributed by atoms with Crippen LogP contribution in [-0.2, 0) is 9.59 Å². The summed E-state index contributed by atoms with van der Waals surface area (Å²) in [6.45, 7) is 4.16. The number of rotatable bonds is 6. The van der Waals surface area contributed by atoms with Crippen molar-refractivity contribution in [1.82, 2.24) is 9.80 Å². The second-order valence-electron chi connectivity index (χ2n) is 6.81. The first-order valence-corrected chi connectivity index (χ1v) is 8.84. The molecule has 26 heavy (non-hydrogen) atoms. The van der Waals surface area contributed by atoms with Crippen LogP contribution < -0.4 is 14.8 Å². The Morgan fingerprint density at radius 2 is 2.00 bits per heavy atom. The molecule has 1 aromatic carbocycles. The molecule has 8 heteroatoms. The number of carboxylic acid groups (broad SMARTS) is 1. The van der Waals surface area contributed by atoms with Gasteiger partial charge in [0.15, 0.2) is 11.5 Å². The van der Waals surface area contributed by atoms with E-state index in [4.69, 9.17) is 9.47 Å². The average Bonchev–Trinajstić information content (AvgIpc) is 2.96. The van der Waals surface area contributed by atoms with Gasteiger partial charge in [0.2, 0.25) is 12.7 Å². The molecule has 2 aliphatic heterocycles. The highest BCUT2D eigenvalue weighted by Gasteiger charge is 2.25. The van der Waals surface area contributed by atoms with Crippen molar-refractivity contribution in [3.05, 3.63) is 18.2 Å². The largest absolute Gasteiger partial charge is 0.481 e. The fourth-order valence-corrected chi connectivity index (χ4v) is 3.23. The van der Waals surface area contributed by atoms with Crippen molar-refractivity contribution in [2.24, 2.45) is 5.92 Å². The molecule has 2 N–H and O–H groups in total. The van der Waals surface area contributed by atoms with Crippen molar-refractivity contribution >= 4 is 17.6 Å². The lowest BCUT2D eigenvalue weighted by Crippen LogP contribution is -2.37. The summed E-state index contributed by atoms with van der Waals surface area (Å²) in [5.41, 5.74) is 0.569. The smallest absolute Gasteiger partial charge is 0.308 e. The molecule has 0 aromatic heterocycles. The molecular weight excluding hydrogens is 338 g/mol. The zero-order valence-electron chi connectivity index (χ0n) is 14.9. The third kappa shape index (κ3) is 4.86. The van der Waals surface area contributed by atoms with Crippen LogP contribution in [-0.4, -0.2) is 73.3 Å². The highest BCUT2D eigenvalue weighted by atomic mass is 16.7. The molecule has 0 unspecified atom stereocenters. The van der Waals surface area contributed by atoms with Crippen LogP contribution in [0.2, 0.25) is 0 Å². The van der Waals surface area contributed by atoms with Gasteiger partial charge in [-0.15, -0.1) is 0 Å². The molecule has 0 spiro atoms.